The maximum atomic E-state index is 11.6. The molecule has 1 aromatic carbocycles. The number of anilines is 1. The quantitative estimate of drug-likeness (QED) is 0.920. The van der Waals surface area contributed by atoms with Crippen molar-refractivity contribution in [1.29, 1.82) is 0 Å². The summed E-state index contributed by atoms with van der Waals surface area (Å²) in [5.74, 6) is 2.72. The molecule has 1 fully saturated rings. The Morgan fingerprint density at radius 3 is 2.87 bits per heavy atom. The van der Waals surface area contributed by atoms with Crippen LogP contribution in [0.1, 0.15) is 30.5 Å². The second-order valence-corrected chi connectivity index (χ2v) is 6.47. The Balaban J connectivity index is 1.58. The molecule has 1 aliphatic carbocycles. The molecule has 23 heavy (non-hydrogen) atoms. The molecule has 0 atom stereocenters. The van der Waals surface area contributed by atoms with E-state index in [2.05, 4.69) is 23.5 Å². The Morgan fingerprint density at radius 2 is 2.04 bits per heavy atom. The minimum atomic E-state index is -0.0734. The molecule has 118 valence electrons. The maximum Gasteiger partial charge on any atom is 0.231 e. The predicted molar refractivity (Wildman–Crippen MR) is 82.9 cm³/mol. The standard InChI is InChI=1S/C17H17N3O3/c21-12-8-18-16-7-15(19-20(16)9-12)17(4-1-5-17)11-2-3-13-14(6-11)23-10-22-13/h2-3,6-7,18H,1,4-5,8-10H2. The molecule has 6 nitrogen and oxygen atoms in total. The van der Waals surface area contributed by atoms with Crippen molar-refractivity contribution < 1.29 is 14.3 Å². The Morgan fingerprint density at radius 1 is 1.17 bits per heavy atom. The van der Waals surface area contributed by atoms with E-state index in [4.69, 9.17) is 14.6 Å². The van der Waals surface area contributed by atoms with E-state index in [1.807, 2.05) is 6.07 Å². The molecule has 0 spiro atoms. The Hall–Kier alpha value is -2.50. The number of fused-ring (bicyclic) bond motifs is 2. The van der Waals surface area contributed by atoms with Crippen LogP contribution in [0.25, 0.3) is 0 Å². The first-order valence-corrected chi connectivity index (χ1v) is 7.99. The number of nitrogens with zero attached hydrogens (tertiary/aromatic N) is 2. The van der Waals surface area contributed by atoms with Crippen molar-refractivity contribution in [1.82, 2.24) is 9.78 Å². The summed E-state index contributed by atoms with van der Waals surface area (Å²) in [6, 6.07) is 8.27. The van der Waals surface area contributed by atoms with Gasteiger partial charge in [0.15, 0.2) is 17.3 Å². The zero-order valence-corrected chi connectivity index (χ0v) is 12.7. The highest BCUT2D eigenvalue weighted by atomic mass is 16.7. The molecule has 5 rings (SSSR count). The van der Waals surface area contributed by atoms with E-state index in [0.29, 0.717) is 13.1 Å². The number of carbonyl (C=O) groups excluding carboxylic acids is 1. The highest BCUT2D eigenvalue weighted by molar-refractivity contribution is 5.84. The molecule has 1 saturated carbocycles. The first kappa shape index (κ1) is 13.0. The van der Waals surface area contributed by atoms with Gasteiger partial charge in [-0.15, -0.1) is 0 Å². The zero-order valence-electron chi connectivity index (χ0n) is 12.7. The Bertz CT molecular complexity index is 807. The van der Waals surface area contributed by atoms with Gasteiger partial charge in [0.05, 0.1) is 12.2 Å². The molecule has 0 unspecified atom stereocenters. The van der Waals surface area contributed by atoms with Crippen molar-refractivity contribution in [2.75, 3.05) is 18.7 Å². The lowest BCUT2D eigenvalue weighted by Crippen LogP contribution is -2.36. The van der Waals surface area contributed by atoms with Crippen molar-refractivity contribution in [2.45, 2.75) is 31.2 Å². The van der Waals surface area contributed by atoms with E-state index in [0.717, 1.165) is 35.9 Å². The van der Waals surface area contributed by atoms with Crippen LogP contribution in [-0.2, 0) is 16.8 Å². The molecule has 1 N–H and O–H groups in total. The van der Waals surface area contributed by atoms with Crippen molar-refractivity contribution in [3.05, 3.63) is 35.5 Å². The highest BCUT2D eigenvalue weighted by Gasteiger charge is 2.43. The summed E-state index contributed by atoms with van der Waals surface area (Å²) in [6.07, 6.45) is 3.32. The van der Waals surface area contributed by atoms with Gasteiger partial charge in [-0.05, 0) is 30.5 Å². The van der Waals surface area contributed by atoms with Gasteiger partial charge < -0.3 is 14.8 Å². The summed E-state index contributed by atoms with van der Waals surface area (Å²) in [7, 11) is 0. The summed E-state index contributed by atoms with van der Waals surface area (Å²) in [5, 5.41) is 7.88. The molecule has 0 bridgehead atoms. The summed E-state index contributed by atoms with van der Waals surface area (Å²) in [5.41, 5.74) is 2.19. The molecule has 6 heteroatoms. The number of nitrogens with one attached hydrogen (secondary N) is 1. The van der Waals surface area contributed by atoms with Crippen molar-refractivity contribution >= 4 is 11.6 Å². The second kappa shape index (κ2) is 4.50. The van der Waals surface area contributed by atoms with Crippen LogP contribution in [0.4, 0.5) is 5.82 Å². The lowest BCUT2D eigenvalue weighted by Gasteiger charge is -2.41. The van der Waals surface area contributed by atoms with Gasteiger partial charge in [0, 0.05) is 11.5 Å². The number of hydrogen-bond donors (Lipinski definition) is 1. The fraction of sp³-hybridized carbons (Fsp3) is 0.412. The summed E-state index contributed by atoms with van der Waals surface area (Å²) >= 11 is 0. The number of Topliss-reactive ketones (excluding diaryl/α,β-unsaturated/α-hetero) is 1. The molecule has 2 aromatic rings. The summed E-state index contributed by atoms with van der Waals surface area (Å²) in [4.78, 5) is 11.6. The largest absolute Gasteiger partial charge is 0.454 e. The average Bonchev–Trinajstić information content (AvgIpc) is 3.11. The van der Waals surface area contributed by atoms with Gasteiger partial charge in [-0.2, -0.15) is 5.10 Å². The minimum absolute atomic E-state index is 0.0734. The Labute approximate surface area is 133 Å². The molecule has 0 saturated heterocycles. The summed E-state index contributed by atoms with van der Waals surface area (Å²) in [6.45, 7) is 1.04. The molecule has 1 aromatic heterocycles. The maximum absolute atomic E-state index is 11.6. The van der Waals surface area contributed by atoms with Crippen molar-refractivity contribution in [3.8, 4) is 11.5 Å². The van der Waals surface area contributed by atoms with Crippen LogP contribution in [0, 0.1) is 0 Å². The third kappa shape index (κ3) is 1.81. The first-order valence-electron chi connectivity index (χ1n) is 7.99. The molecular formula is C17H17N3O3. The monoisotopic (exact) mass is 311 g/mol. The topological polar surface area (TPSA) is 65.4 Å². The van der Waals surface area contributed by atoms with Gasteiger partial charge in [0.25, 0.3) is 0 Å². The third-order valence-electron chi connectivity index (χ3n) is 5.20. The lowest BCUT2D eigenvalue weighted by molar-refractivity contribution is -0.118. The van der Waals surface area contributed by atoms with Crippen molar-refractivity contribution in [2.24, 2.45) is 0 Å². The molecule has 3 heterocycles. The third-order valence-corrected chi connectivity index (χ3v) is 5.20. The van der Waals surface area contributed by atoms with Crippen LogP contribution in [0.2, 0.25) is 0 Å². The number of carbonyl (C=O) groups is 1. The number of aromatic nitrogens is 2. The zero-order chi connectivity index (χ0) is 15.4. The van der Waals surface area contributed by atoms with Crippen LogP contribution < -0.4 is 14.8 Å². The average molecular weight is 311 g/mol. The van der Waals surface area contributed by atoms with Crippen LogP contribution in [0.15, 0.2) is 24.3 Å². The summed E-state index contributed by atoms with van der Waals surface area (Å²) < 4.78 is 12.7. The second-order valence-electron chi connectivity index (χ2n) is 6.47. The number of ether oxygens (including phenoxy) is 2. The van der Waals surface area contributed by atoms with E-state index < -0.39 is 0 Å². The van der Waals surface area contributed by atoms with Gasteiger partial charge >= 0.3 is 0 Å². The number of hydrogen-bond acceptors (Lipinski definition) is 5. The van der Waals surface area contributed by atoms with Gasteiger partial charge in [-0.1, -0.05) is 12.5 Å². The smallest absolute Gasteiger partial charge is 0.231 e. The molecule has 3 aliphatic rings. The van der Waals surface area contributed by atoms with Crippen molar-refractivity contribution in [3.63, 3.8) is 0 Å². The number of ketones is 1. The van der Waals surface area contributed by atoms with E-state index in [1.165, 1.54) is 12.0 Å². The fourth-order valence-electron chi connectivity index (χ4n) is 3.74. The molecule has 0 amide bonds. The van der Waals surface area contributed by atoms with E-state index >= 15 is 0 Å². The fourth-order valence-corrected chi connectivity index (χ4v) is 3.74. The van der Waals surface area contributed by atoms with Crippen LogP contribution in [-0.4, -0.2) is 28.9 Å². The number of benzene rings is 1. The predicted octanol–water partition coefficient (Wildman–Crippen LogP) is 2.08. The lowest BCUT2D eigenvalue weighted by atomic mass is 9.62. The van der Waals surface area contributed by atoms with Crippen LogP contribution in [0.5, 0.6) is 11.5 Å². The van der Waals surface area contributed by atoms with Gasteiger partial charge in [-0.25, -0.2) is 4.68 Å². The minimum Gasteiger partial charge on any atom is -0.454 e. The highest BCUT2D eigenvalue weighted by Crippen LogP contribution is 2.50. The van der Waals surface area contributed by atoms with Crippen LogP contribution >= 0.6 is 0 Å². The molecule has 0 radical (unpaired) electrons. The van der Waals surface area contributed by atoms with E-state index in [9.17, 15) is 4.79 Å². The van der Waals surface area contributed by atoms with E-state index in [-0.39, 0.29) is 18.0 Å². The Kier molecular flexibility index (Phi) is 2.54. The van der Waals surface area contributed by atoms with E-state index in [1.54, 1.807) is 4.68 Å². The first-order chi connectivity index (χ1) is 11.2. The SMILES string of the molecule is O=C1CNc2cc(C3(c4ccc5c(c4)OCO5)CCC3)nn2C1. The van der Waals surface area contributed by atoms with Gasteiger partial charge in [-0.3, -0.25) is 4.79 Å². The van der Waals surface area contributed by atoms with Gasteiger partial charge in [0.1, 0.15) is 12.4 Å². The number of rotatable bonds is 2. The molecule has 2 aliphatic heterocycles. The van der Waals surface area contributed by atoms with Gasteiger partial charge in [0.2, 0.25) is 6.79 Å². The van der Waals surface area contributed by atoms with Crippen LogP contribution in [0.3, 0.4) is 0 Å². The normalized spacial score (nSPS) is 20.6. The molecular weight excluding hydrogens is 294 g/mol.